The number of nitrogens with one attached hydrogen (secondary N) is 2. The topological polar surface area (TPSA) is 125 Å². The number of amides is 1. The molecule has 0 aromatic heterocycles. The summed E-state index contributed by atoms with van der Waals surface area (Å²) in [5.41, 5.74) is 1.77. The number of ether oxygens (including phenoxy) is 1. The Morgan fingerprint density at radius 3 is 2.44 bits per heavy atom. The molecule has 0 fully saturated rings. The summed E-state index contributed by atoms with van der Waals surface area (Å²) >= 11 is 0. The van der Waals surface area contributed by atoms with Crippen molar-refractivity contribution in [3.63, 3.8) is 0 Å². The highest BCUT2D eigenvalue weighted by Crippen LogP contribution is 2.16. The van der Waals surface area contributed by atoms with E-state index >= 15 is 0 Å². The van der Waals surface area contributed by atoms with E-state index in [0.29, 0.717) is 0 Å². The van der Waals surface area contributed by atoms with Gasteiger partial charge in [-0.15, -0.1) is 0 Å². The molecule has 0 spiro atoms. The standard InChI is InChI=1S/C18H25N3O5S/c1-12(2)17(18(23)26-11-16(22)20-9-5-8-19)21-27(24,25)15-7-6-13(3)14(4)10-15/h6-7,10,12,17,21H,5,9,11H2,1-4H3,(H,20,22)/t17-/m1/s1. The molecule has 1 rings (SSSR count). The van der Waals surface area contributed by atoms with Gasteiger partial charge in [0, 0.05) is 6.54 Å². The molecule has 148 valence electrons. The van der Waals surface area contributed by atoms with Gasteiger partial charge >= 0.3 is 5.97 Å². The third-order valence-electron chi connectivity index (χ3n) is 3.90. The van der Waals surface area contributed by atoms with E-state index in [1.165, 1.54) is 12.1 Å². The predicted octanol–water partition coefficient (Wildman–Crippen LogP) is 1.18. The first kappa shape index (κ1) is 22.6. The molecule has 1 amide bonds. The summed E-state index contributed by atoms with van der Waals surface area (Å²) in [5, 5.41) is 10.8. The fourth-order valence-electron chi connectivity index (χ4n) is 2.11. The Kier molecular flexibility index (Phi) is 8.40. The summed E-state index contributed by atoms with van der Waals surface area (Å²) in [6, 6.07) is 5.43. The summed E-state index contributed by atoms with van der Waals surface area (Å²) < 4.78 is 32.5. The third-order valence-corrected chi connectivity index (χ3v) is 5.33. The number of nitriles is 1. The molecule has 1 aromatic rings. The highest BCUT2D eigenvalue weighted by Gasteiger charge is 2.30. The van der Waals surface area contributed by atoms with Crippen molar-refractivity contribution >= 4 is 21.9 Å². The number of esters is 1. The molecule has 8 nitrogen and oxygen atoms in total. The molecule has 0 aliphatic heterocycles. The Hall–Kier alpha value is -2.44. The van der Waals surface area contributed by atoms with Crippen molar-refractivity contribution in [2.75, 3.05) is 13.2 Å². The SMILES string of the molecule is Cc1ccc(S(=O)(=O)N[C@@H](C(=O)OCC(=O)NCCC#N)C(C)C)cc1C. The van der Waals surface area contributed by atoms with Crippen molar-refractivity contribution in [1.82, 2.24) is 10.0 Å². The van der Waals surface area contributed by atoms with Crippen LogP contribution in [0, 0.1) is 31.1 Å². The Bertz CT molecular complexity index is 828. The summed E-state index contributed by atoms with van der Waals surface area (Å²) in [4.78, 5) is 23.9. The zero-order valence-corrected chi connectivity index (χ0v) is 16.7. The predicted molar refractivity (Wildman–Crippen MR) is 99.1 cm³/mol. The van der Waals surface area contributed by atoms with Gasteiger partial charge in [0.1, 0.15) is 6.04 Å². The first-order valence-corrected chi connectivity index (χ1v) is 9.96. The summed E-state index contributed by atoms with van der Waals surface area (Å²) in [6.07, 6.45) is 0.143. The van der Waals surface area contributed by atoms with Gasteiger partial charge in [0.25, 0.3) is 5.91 Å². The molecule has 0 unspecified atom stereocenters. The smallest absolute Gasteiger partial charge is 0.324 e. The lowest BCUT2D eigenvalue weighted by Crippen LogP contribution is -2.46. The van der Waals surface area contributed by atoms with Crippen LogP contribution in [0.1, 0.15) is 31.4 Å². The van der Waals surface area contributed by atoms with Crippen molar-refractivity contribution in [3.05, 3.63) is 29.3 Å². The minimum absolute atomic E-state index is 0.0540. The van der Waals surface area contributed by atoms with E-state index in [0.717, 1.165) is 11.1 Å². The van der Waals surface area contributed by atoms with Gasteiger partial charge in [0.2, 0.25) is 10.0 Å². The van der Waals surface area contributed by atoms with E-state index in [1.807, 2.05) is 13.0 Å². The van der Waals surface area contributed by atoms with Crippen LogP contribution in [0.15, 0.2) is 23.1 Å². The first-order valence-electron chi connectivity index (χ1n) is 8.48. The number of hydrogen-bond donors (Lipinski definition) is 2. The maximum atomic E-state index is 12.6. The van der Waals surface area contributed by atoms with Crippen LogP contribution in [0.25, 0.3) is 0 Å². The fourth-order valence-corrected chi connectivity index (χ4v) is 3.53. The largest absolute Gasteiger partial charge is 0.454 e. The molecular weight excluding hydrogens is 370 g/mol. The second-order valence-corrected chi connectivity index (χ2v) is 8.17. The molecule has 1 aromatic carbocycles. The average Bonchev–Trinajstić information content (AvgIpc) is 2.60. The van der Waals surface area contributed by atoms with Crippen LogP contribution >= 0.6 is 0 Å². The maximum Gasteiger partial charge on any atom is 0.324 e. The van der Waals surface area contributed by atoms with Crippen LogP contribution < -0.4 is 10.0 Å². The lowest BCUT2D eigenvalue weighted by Gasteiger charge is -2.21. The first-order chi connectivity index (χ1) is 12.6. The average molecular weight is 395 g/mol. The summed E-state index contributed by atoms with van der Waals surface area (Å²) in [6.45, 7) is 6.62. The lowest BCUT2D eigenvalue weighted by atomic mass is 10.1. The molecule has 9 heteroatoms. The van der Waals surface area contributed by atoms with Gasteiger partial charge in [-0.05, 0) is 43.0 Å². The number of carbonyl (C=O) groups excluding carboxylic acids is 2. The molecule has 0 aliphatic carbocycles. The minimum atomic E-state index is -3.93. The van der Waals surface area contributed by atoms with Gasteiger partial charge < -0.3 is 10.1 Å². The van der Waals surface area contributed by atoms with Gasteiger partial charge in [0.05, 0.1) is 17.4 Å². The molecule has 0 bridgehead atoms. The molecular formula is C18H25N3O5S. The van der Waals surface area contributed by atoms with E-state index in [1.54, 1.807) is 26.8 Å². The molecule has 0 radical (unpaired) electrons. The zero-order valence-electron chi connectivity index (χ0n) is 15.9. The highest BCUT2D eigenvalue weighted by atomic mass is 32.2. The van der Waals surface area contributed by atoms with Crippen LogP contribution in [0.3, 0.4) is 0 Å². The number of carbonyl (C=O) groups is 2. The molecule has 2 N–H and O–H groups in total. The van der Waals surface area contributed by atoms with Gasteiger partial charge in [-0.3, -0.25) is 9.59 Å². The second kappa shape index (κ2) is 10.0. The van der Waals surface area contributed by atoms with Gasteiger partial charge in [-0.1, -0.05) is 19.9 Å². The number of rotatable bonds is 9. The van der Waals surface area contributed by atoms with Gasteiger partial charge in [0.15, 0.2) is 6.61 Å². The number of aryl methyl sites for hydroxylation is 2. The van der Waals surface area contributed by atoms with Crippen LogP contribution in [0.4, 0.5) is 0 Å². The van der Waals surface area contributed by atoms with E-state index in [4.69, 9.17) is 10.00 Å². The Morgan fingerprint density at radius 1 is 1.22 bits per heavy atom. The number of benzene rings is 1. The summed E-state index contributed by atoms with van der Waals surface area (Å²) in [5.74, 6) is -1.79. The fraction of sp³-hybridized carbons (Fsp3) is 0.500. The Balaban J connectivity index is 2.80. The zero-order chi connectivity index (χ0) is 20.6. The van der Waals surface area contributed by atoms with Gasteiger partial charge in [-0.25, -0.2) is 8.42 Å². The van der Waals surface area contributed by atoms with Crippen molar-refractivity contribution < 1.29 is 22.7 Å². The normalized spacial score (nSPS) is 12.3. The number of hydrogen-bond acceptors (Lipinski definition) is 6. The van der Waals surface area contributed by atoms with E-state index in [-0.39, 0.29) is 23.8 Å². The molecule has 0 saturated heterocycles. The van der Waals surface area contributed by atoms with Gasteiger partial charge in [-0.2, -0.15) is 9.98 Å². The van der Waals surface area contributed by atoms with Crippen LogP contribution in [-0.4, -0.2) is 39.5 Å². The maximum absolute atomic E-state index is 12.6. The van der Waals surface area contributed by atoms with Crippen LogP contribution in [0.5, 0.6) is 0 Å². The minimum Gasteiger partial charge on any atom is -0.454 e. The number of sulfonamides is 1. The van der Waals surface area contributed by atoms with E-state index in [9.17, 15) is 18.0 Å². The Morgan fingerprint density at radius 2 is 1.89 bits per heavy atom. The number of nitrogens with zero attached hydrogens (tertiary/aromatic N) is 1. The highest BCUT2D eigenvalue weighted by molar-refractivity contribution is 7.89. The Labute approximate surface area is 160 Å². The second-order valence-electron chi connectivity index (χ2n) is 6.45. The molecule has 27 heavy (non-hydrogen) atoms. The van der Waals surface area contributed by atoms with Crippen molar-refractivity contribution in [3.8, 4) is 6.07 Å². The van der Waals surface area contributed by atoms with Crippen molar-refractivity contribution in [2.24, 2.45) is 5.92 Å². The molecule has 0 saturated carbocycles. The monoisotopic (exact) mass is 395 g/mol. The van der Waals surface area contributed by atoms with Crippen LogP contribution in [0.2, 0.25) is 0 Å². The molecule has 0 aliphatic rings. The lowest BCUT2D eigenvalue weighted by molar-refractivity contribution is -0.151. The van der Waals surface area contributed by atoms with E-state index < -0.39 is 34.5 Å². The van der Waals surface area contributed by atoms with Crippen LogP contribution in [-0.2, 0) is 24.3 Å². The van der Waals surface area contributed by atoms with Crippen molar-refractivity contribution in [2.45, 2.75) is 45.1 Å². The molecule has 0 heterocycles. The van der Waals surface area contributed by atoms with Crippen molar-refractivity contribution in [1.29, 1.82) is 5.26 Å². The van der Waals surface area contributed by atoms with E-state index in [2.05, 4.69) is 10.0 Å². The quantitative estimate of drug-likeness (QED) is 0.478. The summed E-state index contributed by atoms with van der Waals surface area (Å²) in [7, 11) is -3.93. The molecule has 1 atom stereocenters. The third kappa shape index (κ3) is 7.00.